The fourth-order valence-electron chi connectivity index (χ4n) is 2.06. The standard InChI is InChI=1S/C12H14N2O3S/c1-12(2,18)14-9-7(5-4-6-13-9)8(10(14)15)11(16)17-3/h4-6,8,18H,1-3H3. The van der Waals surface area contributed by atoms with E-state index >= 15 is 0 Å². The third-order valence-electron chi connectivity index (χ3n) is 2.79. The van der Waals surface area contributed by atoms with Crippen molar-refractivity contribution in [2.75, 3.05) is 12.0 Å². The minimum atomic E-state index is -0.940. The third kappa shape index (κ3) is 1.86. The molecule has 0 saturated heterocycles. The molecular formula is C12H14N2O3S. The Bertz CT molecular complexity index is 510. The molecule has 0 spiro atoms. The van der Waals surface area contributed by atoms with Crippen molar-refractivity contribution in [3.8, 4) is 0 Å². The number of rotatable bonds is 2. The van der Waals surface area contributed by atoms with Gasteiger partial charge >= 0.3 is 5.97 Å². The number of carbonyl (C=O) groups excluding carboxylic acids is 2. The minimum Gasteiger partial charge on any atom is -0.468 e. The first kappa shape index (κ1) is 12.9. The van der Waals surface area contributed by atoms with Crippen LogP contribution >= 0.6 is 12.6 Å². The number of aromatic nitrogens is 1. The molecule has 0 aliphatic carbocycles. The molecule has 1 aromatic rings. The van der Waals surface area contributed by atoms with Crippen molar-refractivity contribution in [3.05, 3.63) is 23.9 Å². The molecule has 1 aliphatic rings. The minimum absolute atomic E-state index is 0.351. The Morgan fingerprint density at radius 3 is 2.78 bits per heavy atom. The molecule has 1 aromatic heterocycles. The van der Waals surface area contributed by atoms with Crippen LogP contribution in [-0.2, 0) is 14.3 Å². The SMILES string of the molecule is COC(=O)C1C(=O)N(C(C)(C)S)c2ncccc21. The molecule has 0 saturated carbocycles. The Labute approximate surface area is 111 Å². The predicted octanol–water partition coefficient (Wildman–Crippen LogP) is 1.35. The van der Waals surface area contributed by atoms with Crippen molar-refractivity contribution in [3.63, 3.8) is 0 Å². The molecule has 0 bridgehead atoms. The first-order chi connectivity index (χ1) is 8.38. The van der Waals surface area contributed by atoms with E-state index in [1.165, 1.54) is 12.0 Å². The van der Waals surface area contributed by atoms with Gasteiger partial charge < -0.3 is 4.74 Å². The lowest BCUT2D eigenvalue weighted by Gasteiger charge is -2.30. The van der Waals surface area contributed by atoms with Crippen LogP contribution in [0.2, 0.25) is 0 Å². The fraction of sp³-hybridized carbons (Fsp3) is 0.417. The summed E-state index contributed by atoms with van der Waals surface area (Å²) >= 11 is 4.39. The zero-order valence-electron chi connectivity index (χ0n) is 10.4. The molecule has 1 aliphatic heterocycles. The van der Waals surface area contributed by atoms with Crippen LogP contribution in [0.3, 0.4) is 0 Å². The van der Waals surface area contributed by atoms with Gasteiger partial charge in [-0.1, -0.05) is 6.07 Å². The molecule has 0 fully saturated rings. The lowest BCUT2D eigenvalue weighted by molar-refractivity contribution is -0.145. The van der Waals surface area contributed by atoms with Crippen molar-refractivity contribution in [1.29, 1.82) is 0 Å². The molecule has 2 heterocycles. The zero-order chi connectivity index (χ0) is 13.5. The van der Waals surface area contributed by atoms with E-state index in [1.807, 2.05) is 0 Å². The lowest BCUT2D eigenvalue weighted by atomic mass is 10.0. The fourth-order valence-corrected chi connectivity index (χ4v) is 2.26. The first-order valence-electron chi connectivity index (χ1n) is 5.47. The molecule has 2 rings (SSSR count). The van der Waals surface area contributed by atoms with Gasteiger partial charge in [-0.25, -0.2) is 4.98 Å². The topological polar surface area (TPSA) is 59.5 Å². The van der Waals surface area contributed by atoms with Gasteiger partial charge in [0.15, 0.2) is 5.92 Å². The summed E-state index contributed by atoms with van der Waals surface area (Å²) in [5, 5.41) is 0. The van der Waals surface area contributed by atoms with E-state index in [4.69, 9.17) is 0 Å². The number of amides is 1. The molecule has 6 heteroatoms. The Morgan fingerprint density at radius 1 is 1.56 bits per heavy atom. The van der Waals surface area contributed by atoms with Crippen LogP contribution in [0.25, 0.3) is 0 Å². The van der Waals surface area contributed by atoms with Crippen LogP contribution < -0.4 is 4.90 Å². The molecule has 1 amide bonds. The van der Waals surface area contributed by atoms with Crippen molar-refractivity contribution in [1.82, 2.24) is 4.98 Å². The molecule has 0 aromatic carbocycles. The average molecular weight is 266 g/mol. The number of nitrogens with zero attached hydrogens (tertiary/aromatic N) is 2. The molecule has 0 radical (unpaired) electrons. The van der Waals surface area contributed by atoms with Crippen LogP contribution in [0.1, 0.15) is 25.3 Å². The van der Waals surface area contributed by atoms with Crippen LogP contribution in [0.5, 0.6) is 0 Å². The van der Waals surface area contributed by atoms with Crippen molar-refractivity contribution in [2.24, 2.45) is 0 Å². The number of esters is 1. The van der Waals surface area contributed by atoms with E-state index in [9.17, 15) is 9.59 Å². The quantitative estimate of drug-likeness (QED) is 0.499. The second-order valence-corrected chi connectivity index (χ2v) is 5.63. The molecule has 18 heavy (non-hydrogen) atoms. The Morgan fingerprint density at radius 2 is 2.22 bits per heavy atom. The van der Waals surface area contributed by atoms with Crippen molar-refractivity contribution < 1.29 is 14.3 Å². The second-order valence-electron chi connectivity index (χ2n) is 4.54. The molecule has 96 valence electrons. The van der Waals surface area contributed by atoms with Crippen molar-refractivity contribution >= 4 is 30.3 Å². The second kappa shape index (κ2) is 4.28. The molecule has 1 unspecified atom stereocenters. The highest BCUT2D eigenvalue weighted by Crippen LogP contribution is 2.41. The highest BCUT2D eigenvalue weighted by atomic mass is 32.1. The Balaban J connectivity index is 2.57. The largest absolute Gasteiger partial charge is 0.468 e. The van der Waals surface area contributed by atoms with Gasteiger partial charge in [-0.05, 0) is 19.9 Å². The van der Waals surface area contributed by atoms with E-state index < -0.39 is 16.8 Å². The summed E-state index contributed by atoms with van der Waals surface area (Å²) < 4.78 is 4.68. The van der Waals surface area contributed by atoms with Crippen molar-refractivity contribution in [2.45, 2.75) is 24.6 Å². The normalized spacial score (nSPS) is 18.8. The molecular weight excluding hydrogens is 252 g/mol. The highest BCUT2D eigenvalue weighted by molar-refractivity contribution is 7.81. The van der Waals surface area contributed by atoms with E-state index in [0.29, 0.717) is 11.4 Å². The van der Waals surface area contributed by atoms with Gasteiger partial charge in [0, 0.05) is 11.8 Å². The number of fused-ring (bicyclic) bond motifs is 1. The summed E-state index contributed by atoms with van der Waals surface area (Å²) in [5.41, 5.74) is 0.566. The van der Waals surface area contributed by atoms with Gasteiger partial charge in [0.2, 0.25) is 5.91 Å². The monoisotopic (exact) mass is 266 g/mol. The number of methoxy groups -OCH3 is 1. The smallest absolute Gasteiger partial charge is 0.322 e. The number of carbonyl (C=O) groups is 2. The van der Waals surface area contributed by atoms with Gasteiger partial charge in [-0.15, -0.1) is 0 Å². The van der Waals surface area contributed by atoms with Gasteiger partial charge in [0.1, 0.15) is 5.82 Å². The van der Waals surface area contributed by atoms with E-state index in [-0.39, 0.29) is 5.91 Å². The van der Waals surface area contributed by atoms with Crippen LogP contribution in [0, 0.1) is 0 Å². The highest BCUT2D eigenvalue weighted by Gasteiger charge is 2.47. The van der Waals surface area contributed by atoms with Crippen LogP contribution in [0.4, 0.5) is 5.82 Å². The zero-order valence-corrected chi connectivity index (χ0v) is 11.3. The lowest BCUT2D eigenvalue weighted by Crippen LogP contribution is -2.44. The maximum absolute atomic E-state index is 12.3. The van der Waals surface area contributed by atoms with Gasteiger partial charge in [-0.2, -0.15) is 12.6 Å². The summed E-state index contributed by atoms with van der Waals surface area (Å²) in [6, 6.07) is 3.40. The Hall–Kier alpha value is -1.56. The van der Waals surface area contributed by atoms with E-state index in [2.05, 4.69) is 22.3 Å². The number of thiol groups is 1. The third-order valence-corrected chi connectivity index (χ3v) is 2.99. The maximum atomic E-state index is 12.3. The summed E-state index contributed by atoms with van der Waals surface area (Å²) in [6.07, 6.45) is 1.58. The van der Waals surface area contributed by atoms with Crippen LogP contribution in [0.15, 0.2) is 18.3 Å². The van der Waals surface area contributed by atoms with Crippen LogP contribution in [-0.4, -0.2) is 28.8 Å². The van der Waals surface area contributed by atoms with Gasteiger partial charge in [0.25, 0.3) is 0 Å². The number of ether oxygens (including phenoxy) is 1. The van der Waals surface area contributed by atoms with Gasteiger partial charge in [0.05, 0.1) is 12.0 Å². The van der Waals surface area contributed by atoms with E-state index in [1.54, 1.807) is 32.2 Å². The summed E-state index contributed by atoms with van der Waals surface area (Å²) in [5.74, 6) is -1.40. The summed E-state index contributed by atoms with van der Waals surface area (Å²) in [4.78, 5) is 28.9. The number of hydrogen-bond donors (Lipinski definition) is 1. The number of anilines is 1. The first-order valence-corrected chi connectivity index (χ1v) is 5.92. The molecule has 0 N–H and O–H groups in total. The predicted molar refractivity (Wildman–Crippen MR) is 69.5 cm³/mol. The number of pyridine rings is 1. The van der Waals surface area contributed by atoms with Gasteiger partial charge in [-0.3, -0.25) is 14.5 Å². The summed E-state index contributed by atoms with van der Waals surface area (Å²) in [7, 11) is 1.26. The molecule has 5 nitrogen and oxygen atoms in total. The Kier molecular flexibility index (Phi) is 3.06. The van der Waals surface area contributed by atoms with E-state index in [0.717, 1.165) is 0 Å². The molecule has 1 atom stereocenters. The average Bonchev–Trinajstić information content (AvgIpc) is 2.59. The number of hydrogen-bond acceptors (Lipinski definition) is 5. The summed E-state index contributed by atoms with van der Waals surface area (Å²) in [6.45, 7) is 3.54. The maximum Gasteiger partial charge on any atom is 0.322 e.